The van der Waals surface area contributed by atoms with Crippen LogP contribution in [-0.4, -0.2) is 18.2 Å². The number of hydrogen-bond donors (Lipinski definition) is 2. The van der Waals surface area contributed by atoms with Gasteiger partial charge >= 0.3 is 5.97 Å². The summed E-state index contributed by atoms with van der Waals surface area (Å²) in [5, 5.41) is 9.67. The predicted octanol–water partition coefficient (Wildman–Crippen LogP) is 1.72. The Balaban J connectivity index is 2.86. The molecule has 0 aliphatic carbocycles. The molecule has 0 radical (unpaired) electrons. The van der Waals surface area contributed by atoms with E-state index in [-0.39, 0.29) is 12.2 Å². The lowest BCUT2D eigenvalue weighted by Gasteiger charge is -2.12. The summed E-state index contributed by atoms with van der Waals surface area (Å²) in [4.78, 5) is 11.0. The van der Waals surface area contributed by atoms with Crippen molar-refractivity contribution in [1.29, 1.82) is 0 Å². The number of carbonyl (C=O) groups excluding carboxylic acids is 1. The van der Waals surface area contributed by atoms with Gasteiger partial charge in [-0.1, -0.05) is 12.1 Å². The molecule has 0 heterocycles. The number of esters is 1. The number of phenols is 1. The number of carbonyl (C=O) groups is 1. The molecule has 1 rings (SSSR count). The molecule has 0 aliphatic heterocycles. The lowest BCUT2D eigenvalue weighted by Crippen LogP contribution is -2.16. The minimum Gasteiger partial charge on any atom is -0.506 e. The molecule has 3 N–H and O–H groups in total. The van der Waals surface area contributed by atoms with Crippen molar-refractivity contribution in [2.75, 3.05) is 7.11 Å². The van der Waals surface area contributed by atoms with E-state index >= 15 is 0 Å². The first kappa shape index (κ1) is 12.0. The highest BCUT2D eigenvalue weighted by atomic mass is 79.9. The number of hydrogen-bond acceptors (Lipinski definition) is 4. The molecule has 0 amide bonds. The number of nitrogens with two attached hydrogens (primary N) is 1. The molecular weight excluding hydrogens is 262 g/mol. The van der Waals surface area contributed by atoms with Crippen molar-refractivity contribution in [3.05, 3.63) is 28.2 Å². The Morgan fingerprint density at radius 3 is 2.93 bits per heavy atom. The number of rotatable bonds is 3. The predicted molar refractivity (Wildman–Crippen MR) is 59.4 cm³/mol. The van der Waals surface area contributed by atoms with Crippen LogP contribution in [-0.2, 0) is 9.53 Å². The van der Waals surface area contributed by atoms with Crippen molar-refractivity contribution in [3.8, 4) is 5.75 Å². The molecule has 4 nitrogen and oxygen atoms in total. The number of aromatic hydroxyl groups is 1. The average molecular weight is 274 g/mol. The Hall–Kier alpha value is -1.07. The maximum Gasteiger partial charge on any atom is 0.307 e. The molecule has 0 saturated carbocycles. The molecule has 0 bridgehead atoms. The van der Waals surface area contributed by atoms with Gasteiger partial charge in [0.25, 0.3) is 0 Å². The molecule has 0 saturated heterocycles. The van der Waals surface area contributed by atoms with Crippen molar-refractivity contribution >= 4 is 21.9 Å². The summed E-state index contributed by atoms with van der Waals surface area (Å²) in [5.74, 6) is -0.337. The van der Waals surface area contributed by atoms with Gasteiger partial charge in [0.1, 0.15) is 5.75 Å². The Bertz CT molecular complexity index is 368. The SMILES string of the molecule is COC(=O)CC(N)c1cccc(Br)c1O. The van der Waals surface area contributed by atoms with Gasteiger partial charge in [0.05, 0.1) is 18.0 Å². The van der Waals surface area contributed by atoms with Crippen LogP contribution in [0, 0.1) is 0 Å². The van der Waals surface area contributed by atoms with Gasteiger partial charge in [-0.25, -0.2) is 0 Å². The Morgan fingerprint density at radius 2 is 2.33 bits per heavy atom. The Labute approximate surface area is 96.2 Å². The third-order valence-corrected chi connectivity index (χ3v) is 2.67. The first-order chi connectivity index (χ1) is 7.06. The van der Waals surface area contributed by atoms with Crippen LogP contribution in [0.3, 0.4) is 0 Å². The van der Waals surface area contributed by atoms with E-state index in [4.69, 9.17) is 5.73 Å². The topological polar surface area (TPSA) is 72.5 Å². The summed E-state index contributed by atoms with van der Waals surface area (Å²) in [6, 6.07) is 4.56. The lowest BCUT2D eigenvalue weighted by atomic mass is 10.0. The molecule has 0 aromatic heterocycles. The van der Waals surface area contributed by atoms with E-state index in [9.17, 15) is 9.90 Å². The highest BCUT2D eigenvalue weighted by Gasteiger charge is 2.16. The van der Waals surface area contributed by atoms with Crippen LogP contribution in [0.25, 0.3) is 0 Å². The third-order valence-electron chi connectivity index (χ3n) is 2.03. The third kappa shape index (κ3) is 2.94. The van der Waals surface area contributed by atoms with E-state index in [1.807, 2.05) is 0 Å². The number of benzene rings is 1. The summed E-state index contributed by atoms with van der Waals surface area (Å²) in [6.07, 6.45) is 0.0422. The average Bonchev–Trinajstić information content (AvgIpc) is 2.21. The molecule has 15 heavy (non-hydrogen) atoms. The van der Waals surface area contributed by atoms with Gasteiger partial charge in [0, 0.05) is 11.6 Å². The van der Waals surface area contributed by atoms with E-state index < -0.39 is 12.0 Å². The highest BCUT2D eigenvalue weighted by Crippen LogP contribution is 2.31. The van der Waals surface area contributed by atoms with Crippen molar-refractivity contribution in [2.45, 2.75) is 12.5 Å². The molecule has 0 aliphatic rings. The second kappa shape index (κ2) is 5.14. The zero-order chi connectivity index (χ0) is 11.4. The van der Waals surface area contributed by atoms with Gasteiger partial charge in [-0.2, -0.15) is 0 Å². The fourth-order valence-corrected chi connectivity index (χ4v) is 1.59. The standard InChI is InChI=1S/C10H12BrNO3/c1-15-9(13)5-8(12)6-3-2-4-7(11)10(6)14/h2-4,8,14H,5,12H2,1H3. The van der Waals surface area contributed by atoms with E-state index in [1.54, 1.807) is 18.2 Å². The summed E-state index contributed by atoms with van der Waals surface area (Å²) < 4.78 is 5.06. The van der Waals surface area contributed by atoms with Crippen molar-refractivity contribution in [3.63, 3.8) is 0 Å². The van der Waals surface area contributed by atoms with Crippen LogP contribution in [0.5, 0.6) is 5.75 Å². The van der Waals surface area contributed by atoms with Crippen molar-refractivity contribution in [1.82, 2.24) is 0 Å². The fraction of sp³-hybridized carbons (Fsp3) is 0.300. The van der Waals surface area contributed by atoms with Crippen LogP contribution < -0.4 is 5.73 Å². The smallest absolute Gasteiger partial charge is 0.307 e. The number of methoxy groups -OCH3 is 1. The van der Waals surface area contributed by atoms with Gasteiger partial charge in [-0.05, 0) is 22.0 Å². The zero-order valence-corrected chi connectivity index (χ0v) is 9.82. The van der Waals surface area contributed by atoms with E-state index in [0.717, 1.165) is 0 Å². The minimum atomic E-state index is -0.560. The molecular formula is C10H12BrNO3. The quantitative estimate of drug-likeness (QED) is 0.823. The van der Waals surface area contributed by atoms with Gasteiger partial charge in [-0.3, -0.25) is 4.79 Å². The monoisotopic (exact) mass is 273 g/mol. The van der Waals surface area contributed by atoms with E-state index in [0.29, 0.717) is 10.0 Å². The Kier molecular flexibility index (Phi) is 4.11. The number of ether oxygens (including phenoxy) is 1. The lowest BCUT2D eigenvalue weighted by molar-refractivity contribution is -0.141. The molecule has 1 aromatic rings. The van der Waals surface area contributed by atoms with Crippen LogP contribution in [0.4, 0.5) is 0 Å². The molecule has 1 aromatic carbocycles. The summed E-state index contributed by atoms with van der Waals surface area (Å²) in [5.41, 5.74) is 6.28. The van der Waals surface area contributed by atoms with Crippen molar-refractivity contribution < 1.29 is 14.6 Å². The number of phenolic OH excluding ortho intramolecular Hbond substituents is 1. The first-order valence-electron chi connectivity index (χ1n) is 4.36. The second-order valence-corrected chi connectivity index (χ2v) is 3.92. The van der Waals surface area contributed by atoms with Crippen LogP contribution in [0.15, 0.2) is 22.7 Å². The van der Waals surface area contributed by atoms with Gasteiger partial charge in [0.15, 0.2) is 0 Å². The van der Waals surface area contributed by atoms with Crippen LogP contribution in [0.2, 0.25) is 0 Å². The number of halogens is 1. The van der Waals surface area contributed by atoms with Gasteiger partial charge < -0.3 is 15.6 Å². The molecule has 0 fully saturated rings. The van der Waals surface area contributed by atoms with E-state index in [2.05, 4.69) is 20.7 Å². The summed E-state index contributed by atoms with van der Waals surface area (Å²) in [7, 11) is 1.30. The van der Waals surface area contributed by atoms with Gasteiger partial charge in [0.2, 0.25) is 0 Å². The van der Waals surface area contributed by atoms with Crippen LogP contribution >= 0.6 is 15.9 Å². The molecule has 0 spiro atoms. The minimum absolute atomic E-state index is 0.0422. The van der Waals surface area contributed by atoms with E-state index in [1.165, 1.54) is 7.11 Å². The molecule has 82 valence electrons. The number of para-hydroxylation sites is 1. The zero-order valence-electron chi connectivity index (χ0n) is 8.24. The molecule has 5 heteroatoms. The summed E-state index contributed by atoms with van der Waals surface area (Å²) >= 11 is 3.18. The largest absolute Gasteiger partial charge is 0.506 e. The Morgan fingerprint density at radius 1 is 1.67 bits per heavy atom. The maximum atomic E-state index is 11.0. The normalized spacial score (nSPS) is 12.2. The van der Waals surface area contributed by atoms with Gasteiger partial charge in [-0.15, -0.1) is 0 Å². The fourth-order valence-electron chi connectivity index (χ4n) is 1.20. The molecule has 1 unspecified atom stereocenters. The first-order valence-corrected chi connectivity index (χ1v) is 5.15. The van der Waals surface area contributed by atoms with Crippen LogP contribution in [0.1, 0.15) is 18.0 Å². The van der Waals surface area contributed by atoms with Crippen molar-refractivity contribution in [2.24, 2.45) is 5.73 Å². The highest BCUT2D eigenvalue weighted by molar-refractivity contribution is 9.10. The second-order valence-electron chi connectivity index (χ2n) is 3.06. The summed E-state index contributed by atoms with van der Waals surface area (Å²) in [6.45, 7) is 0. The maximum absolute atomic E-state index is 11.0. The molecule has 1 atom stereocenters.